The summed E-state index contributed by atoms with van der Waals surface area (Å²) >= 11 is 0. The molecule has 1 fully saturated rings. The lowest BCUT2D eigenvalue weighted by Crippen LogP contribution is -2.45. The number of carbonyl (C=O) groups excluding carboxylic acids is 2. The van der Waals surface area contributed by atoms with Gasteiger partial charge in [-0.15, -0.1) is 5.10 Å². The number of carbonyl (C=O) groups is 2. The predicted molar refractivity (Wildman–Crippen MR) is 179 cm³/mol. The molecule has 0 saturated carbocycles. The average Bonchev–Trinajstić information content (AvgIpc) is 3.71. The molecule has 1 aromatic heterocycles. The molecule has 1 saturated heterocycles. The second-order valence-corrected chi connectivity index (χ2v) is 16.6. The van der Waals surface area contributed by atoms with Crippen LogP contribution in [0, 0.1) is 16.0 Å². The van der Waals surface area contributed by atoms with E-state index in [4.69, 9.17) is 4.74 Å². The van der Waals surface area contributed by atoms with Crippen LogP contribution in [0.4, 0.5) is 26.9 Å². The van der Waals surface area contributed by atoms with Gasteiger partial charge in [0.1, 0.15) is 0 Å². The number of aliphatic hydroxyl groups excluding tert-OH is 1. The first kappa shape index (κ1) is 33.1. The molecule has 0 bridgehead atoms. The number of benzene rings is 3. The highest BCUT2D eigenvalue weighted by Crippen LogP contribution is 2.60. The predicted octanol–water partition coefficient (Wildman–Crippen LogP) is 5.43. The van der Waals surface area contributed by atoms with Crippen LogP contribution in [0.5, 0.6) is 0 Å². The van der Waals surface area contributed by atoms with Crippen LogP contribution in [-0.4, -0.2) is 58.5 Å². The lowest BCUT2D eigenvalue weighted by molar-refractivity contribution is -0.385. The zero-order valence-electron chi connectivity index (χ0n) is 26.9. The van der Waals surface area contributed by atoms with Crippen molar-refractivity contribution in [3.05, 3.63) is 106 Å². The first-order chi connectivity index (χ1) is 23.0. The molecule has 0 radical (unpaired) electrons. The summed E-state index contributed by atoms with van der Waals surface area (Å²) in [7, 11) is -3.48. The standard InChI is InChI=1S/C34H37FN6O6Si/c1-23-32(48(2,3)35)31(14-16-38-21-25(15-17-42)36-37-38)47-34(23)29-19-28(41(45)46)12-13-30(29)39(33(34)44)20-24-8-7-11-27(18-24)40(22-43)26-9-5-4-6-10-26/h4-13,18-19,21-23,31-32,42H,14-17,20H2,1-3H3/t23-,31+,32-,34+/m1/s1. The third-order valence-electron chi connectivity index (χ3n) is 9.42. The Kier molecular flexibility index (Phi) is 8.98. The number of hydrogen-bond acceptors (Lipinski definition) is 8. The van der Waals surface area contributed by atoms with Gasteiger partial charge < -0.3 is 18.9 Å². The first-order valence-corrected chi connectivity index (χ1v) is 18.8. The monoisotopic (exact) mass is 672 g/mol. The van der Waals surface area contributed by atoms with Crippen LogP contribution in [-0.2, 0) is 39.4 Å². The molecule has 4 aromatic rings. The normalized spacial score (nSPS) is 21.9. The Labute approximate surface area is 278 Å². The Hall–Kier alpha value is -4.79. The van der Waals surface area contributed by atoms with Gasteiger partial charge in [0.25, 0.3) is 11.6 Å². The van der Waals surface area contributed by atoms with Crippen LogP contribution >= 0.6 is 0 Å². The summed E-state index contributed by atoms with van der Waals surface area (Å²) in [6, 6.07) is 20.7. The molecule has 3 heterocycles. The number of non-ortho nitro benzene ring substituents is 1. The molecule has 0 aliphatic carbocycles. The van der Waals surface area contributed by atoms with Crippen LogP contribution in [0.25, 0.3) is 0 Å². The number of nitro benzene ring substituents is 1. The van der Waals surface area contributed by atoms with Gasteiger partial charge >= 0.3 is 0 Å². The van der Waals surface area contributed by atoms with E-state index in [1.165, 1.54) is 17.0 Å². The summed E-state index contributed by atoms with van der Waals surface area (Å²) in [5, 5.41) is 29.4. The van der Waals surface area contributed by atoms with E-state index in [1.54, 1.807) is 54.0 Å². The van der Waals surface area contributed by atoms with E-state index in [9.17, 15) is 24.8 Å². The van der Waals surface area contributed by atoms with E-state index in [0.717, 1.165) is 6.41 Å². The Morgan fingerprint density at radius 3 is 2.56 bits per heavy atom. The summed E-state index contributed by atoms with van der Waals surface area (Å²) in [6.45, 7) is 5.37. The summed E-state index contributed by atoms with van der Waals surface area (Å²) < 4.78 is 24.6. The van der Waals surface area contributed by atoms with Gasteiger partial charge in [-0.05, 0) is 55.4 Å². The van der Waals surface area contributed by atoms with Crippen molar-refractivity contribution in [2.75, 3.05) is 16.4 Å². The lowest BCUT2D eigenvalue weighted by atomic mass is 9.82. The van der Waals surface area contributed by atoms with E-state index in [2.05, 4.69) is 10.3 Å². The van der Waals surface area contributed by atoms with Crippen molar-refractivity contribution < 1.29 is 28.5 Å². The fourth-order valence-corrected chi connectivity index (χ4v) is 9.90. The minimum Gasteiger partial charge on any atom is -0.396 e. The van der Waals surface area contributed by atoms with E-state index in [-0.39, 0.29) is 18.8 Å². The maximum absolute atomic E-state index is 16.2. The van der Waals surface area contributed by atoms with Crippen molar-refractivity contribution in [3.63, 3.8) is 0 Å². The summed E-state index contributed by atoms with van der Waals surface area (Å²) in [6.07, 6.45) is 2.46. The number of aliphatic hydroxyl groups is 1. The number of nitro groups is 1. The third-order valence-corrected chi connectivity index (χ3v) is 11.9. The quantitative estimate of drug-likeness (QED) is 0.0690. The van der Waals surface area contributed by atoms with Crippen molar-refractivity contribution >= 4 is 43.5 Å². The molecule has 3 aromatic carbocycles. The molecule has 12 nitrogen and oxygen atoms in total. The average molecular weight is 673 g/mol. The number of hydrogen-bond donors (Lipinski definition) is 1. The molecule has 0 unspecified atom stereocenters. The molecule has 1 spiro atoms. The summed E-state index contributed by atoms with van der Waals surface area (Å²) in [5.41, 5.74) is 0.981. The van der Waals surface area contributed by atoms with Gasteiger partial charge in [-0.25, -0.2) is 0 Å². The SMILES string of the molecule is C[C@@H]1[C@@H]([Si](C)(C)F)[C@H](CCn2cc(CCO)nn2)O[C@@]12C(=O)N(Cc1cccc(N(C=O)c3ccccc3)c1)c1ccc([N+](=O)[O-])cc12. The van der Waals surface area contributed by atoms with Crippen molar-refractivity contribution in [3.8, 4) is 0 Å². The largest absolute Gasteiger partial charge is 0.396 e. The maximum atomic E-state index is 16.2. The number of nitrogens with zero attached hydrogens (tertiary/aromatic N) is 6. The van der Waals surface area contributed by atoms with Gasteiger partial charge in [-0.2, -0.15) is 0 Å². The number of para-hydroxylation sites is 1. The van der Waals surface area contributed by atoms with Crippen LogP contribution in [0.2, 0.25) is 18.6 Å². The van der Waals surface area contributed by atoms with Crippen LogP contribution < -0.4 is 9.80 Å². The number of fused-ring (bicyclic) bond motifs is 2. The fourth-order valence-electron chi connectivity index (χ4n) is 7.36. The number of rotatable bonds is 12. The molecule has 48 heavy (non-hydrogen) atoms. The van der Waals surface area contributed by atoms with Crippen LogP contribution in [0.3, 0.4) is 0 Å². The molecule has 14 heteroatoms. The number of amides is 2. The highest BCUT2D eigenvalue weighted by molar-refractivity contribution is 6.72. The fraction of sp³-hybridized carbons (Fsp3) is 0.353. The number of ether oxygens (including phenoxy) is 1. The number of aromatic nitrogens is 3. The second-order valence-electron chi connectivity index (χ2n) is 12.8. The van der Waals surface area contributed by atoms with Gasteiger partial charge in [0.2, 0.25) is 14.8 Å². The number of anilines is 3. The van der Waals surface area contributed by atoms with E-state index in [1.807, 2.05) is 42.5 Å². The van der Waals surface area contributed by atoms with Crippen molar-refractivity contribution in [1.29, 1.82) is 0 Å². The molecular formula is C34H37FN6O6Si. The minimum atomic E-state index is -3.48. The Bertz CT molecular complexity index is 1830. The Balaban J connectivity index is 1.37. The molecule has 6 rings (SSSR count). The van der Waals surface area contributed by atoms with Crippen LogP contribution in [0.15, 0.2) is 79.0 Å². The Morgan fingerprint density at radius 1 is 1.12 bits per heavy atom. The van der Waals surface area contributed by atoms with Crippen LogP contribution in [0.1, 0.15) is 30.2 Å². The molecular weight excluding hydrogens is 635 g/mol. The van der Waals surface area contributed by atoms with Gasteiger partial charge in [0.15, 0.2) is 5.60 Å². The second kappa shape index (κ2) is 13.0. The van der Waals surface area contributed by atoms with Gasteiger partial charge in [-0.1, -0.05) is 42.5 Å². The zero-order chi connectivity index (χ0) is 34.2. The van der Waals surface area contributed by atoms with Crippen molar-refractivity contribution in [1.82, 2.24) is 15.0 Å². The molecule has 2 aliphatic heterocycles. The number of halogens is 1. The molecule has 250 valence electrons. The molecule has 2 amide bonds. The van der Waals surface area contributed by atoms with E-state index in [0.29, 0.717) is 53.3 Å². The third kappa shape index (κ3) is 5.91. The zero-order valence-corrected chi connectivity index (χ0v) is 27.9. The highest BCUT2D eigenvalue weighted by atomic mass is 28.4. The van der Waals surface area contributed by atoms with Gasteiger partial charge in [0.05, 0.1) is 29.0 Å². The van der Waals surface area contributed by atoms with E-state index < -0.39 is 42.4 Å². The topological polar surface area (TPSA) is 144 Å². The summed E-state index contributed by atoms with van der Waals surface area (Å²) in [4.78, 5) is 41.3. The maximum Gasteiger partial charge on any atom is 0.269 e. The van der Waals surface area contributed by atoms with E-state index >= 15 is 4.11 Å². The Morgan fingerprint density at radius 2 is 1.88 bits per heavy atom. The van der Waals surface area contributed by atoms with Gasteiger partial charge in [-0.3, -0.25) is 29.3 Å². The van der Waals surface area contributed by atoms with Crippen molar-refractivity contribution in [2.24, 2.45) is 5.92 Å². The molecule has 1 N–H and O–H groups in total. The summed E-state index contributed by atoms with van der Waals surface area (Å²) in [5.74, 6) is -1.05. The van der Waals surface area contributed by atoms with Gasteiger partial charge in [0, 0.05) is 66.3 Å². The lowest BCUT2D eigenvalue weighted by Gasteiger charge is -2.31. The molecule has 4 atom stereocenters. The highest BCUT2D eigenvalue weighted by Gasteiger charge is 2.66. The molecule has 2 aliphatic rings. The smallest absolute Gasteiger partial charge is 0.269 e. The minimum absolute atomic E-state index is 0.0645. The van der Waals surface area contributed by atoms with Crippen molar-refractivity contribution in [2.45, 2.75) is 63.2 Å². The number of aryl methyl sites for hydroxylation is 1. The first-order valence-electron chi connectivity index (χ1n) is 15.8.